The molecule has 1 saturated carbocycles. The van der Waals surface area contributed by atoms with Crippen LogP contribution < -0.4 is 5.32 Å². The van der Waals surface area contributed by atoms with E-state index in [2.05, 4.69) is 10.4 Å². The van der Waals surface area contributed by atoms with Gasteiger partial charge in [0.2, 0.25) is 5.91 Å². The number of carbonyl (C=O) groups excluding carboxylic acids is 1. The molecule has 100 valence electrons. The third kappa shape index (κ3) is 3.59. The molecular weight excluding hydrogens is 226 g/mol. The number of nitrogens with zero attached hydrogens (tertiary/aromatic N) is 2. The molecule has 1 unspecified atom stereocenters. The normalized spacial score (nSPS) is 17.8. The Morgan fingerprint density at radius 3 is 2.94 bits per heavy atom. The summed E-state index contributed by atoms with van der Waals surface area (Å²) in [5.41, 5.74) is 0. The highest BCUT2D eigenvalue weighted by molar-refractivity contribution is 5.79. The van der Waals surface area contributed by atoms with Gasteiger partial charge >= 0.3 is 0 Å². The Kier molecular flexibility index (Phi) is 4.79. The van der Waals surface area contributed by atoms with Gasteiger partial charge in [0.05, 0.1) is 0 Å². The number of amides is 1. The van der Waals surface area contributed by atoms with Crippen LogP contribution in [0, 0.1) is 5.92 Å². The van der Waals surface area contributed by atoms with E-state index in [1.807, 2.05) is 19.2 Å². The first-order chi connectivity index (χ1) is 8.77. The van der Waals surface area contributed by atoms with E-state index in [0.717, 1.165) is 18.9 Å². The Labute approximate surface area is 109 Å². The van der Waals surface area contributed by atoms with Crippen molar-refractivity contribution in [3.8, 4) is 0 Å². The predicted molar refractivity (Wildman–Crippen MR) is 71.1 cm³/mol. The number of hydrogen-bond donors (Lipinski definition) is 1. The maximum absolute atomic E-state index is 11.9. The van der Waals surface area contributed by atoms with E-state index in [1.54, 1.807) is 10.9 Å². The van der Waals surface area contributed by atoms with Crippen molar-refractivity contribution >= 4 is 5.91 Å². The van der Waals surface area contributed by atoms with E-state index in [1.165, 1.54) is 32.1 Å². The molecular formula is C14H23N3O. The molecule has 0 bridgehead atoms. The van der Waals surface area contributed by atoms with Crippen LogP contribution in [-0.4, -0.2) is 22.2 Å². The molecule has 1 amide bonds. The summed E-state index contributed by atoms with van der Waals surface area (Å²) < 4.78 is 1.69. The molecule has 1 aliphatic carbocycles. The molecule has 4 nitrogen and oxygen atoms in total. The lowest BCUT2D eigenvalue weighted by Crippen LogP contribution is -2.32. The van der Waals surface area contributed by atoms with Crippen LogP contribution in [0.25, 0.3) is 0 Å². The lowest BCUT2D eigenvalue weighted by atomic mass is 10.0. The Morgan fingerprint density at radius 2 is 2.28 bits per heavy atom. The Balaban J connectivity index is 1.62. The maximum atomic E-state index is 11.9. The van der Waals surface area contributed by atoms with Crippen molar-refractivity contribution in [2.45, 2.75) is 51.5 Å². The van der Waals surface area contributed by atoms with E-state index in [0.29, 0.717) is 0 Å². The lowest BCUT2D eigenvalue weighted by Gasteiger charge is -2.13. The van der Waals surface area contributed by atoms with Gasteiger partial charge in [0, 0.05) is 18.9 Å². The molecule has 1 heterocycles. The Bertz CT molecular complexity index is 355. The summed E-state index contributed by atoms with van der Waals surface area (Å²) in [4.78, 5) is 11.9. The van der Waals surface area contributed by atoms with Gasteiger partial charge in [-0.05, 0) is 31.7 Å². The monoisotopic (exact) mass is 249 g/mol. The summed E-state index contributed by atoms with van der Waals surface area (Å²) >= 11 is 0. The average Bonchev–Trinajstić information content (AvgIpc) is 3.05. The minimum Gasteiger partial charge on any atom is -0.354 e. The van der Waals surface area contributed by atoms with Gasteiger partial charge in [0.25, 0.3) is 0 Å². The van der Waals surface area contributed by atoms with Crippen LogP contribution in [0.1, 0.15) is 51.5 Å². The van der Waals surface area contributed by atoms with E-state index < -0.39 is 0 Å². The molecule has 0 aliphatic heterocycles. The number of nitrogens with one attached hydrogen (secondary N) is 1. The fourth-order valence-corrected chi connectivity index (χ4v) is 2.68. The fourth-order valence-electron chi connectivity index (χ4n) is 2.68. The van der Waals surface area contributed by atoms with Crippen LogP contribution in [0.2, 0.25) is 0 Å². The number of hydrogen-bond acceptors (Lipinski definition) is 2. The topological polar surface area (TPSA) is 46.9 Å². The molecule has 1 aromatic heterocycles. The highest BCUT2D eigenvalue weighted by Crippen LogP contribution is 2.28. The number of carbonyl (C=O) groups is 1. The second-order valence-corrected chi connectivity index (χ2v) is 5.25. The smallest absolute Gasteiger partial charge is 0.244 e. The summed E-state index contributed by atoms with van der Waals surface area (Å²) in [6.45, 7) is 2.67. The molecule has 1 aromatic rings. The highest BCUT2D eigenvalue weighted by Gasteiger charge is 2.16. The first-order valence-corrected chi connectivity index (χ1v) is 7.04. The van der Waals surface area contributed by atoms with E-state index in [4.69, 9.17) is 0 Å². The van der Waals surface area contributed by atoms with Crippen LogP contribution in [0.4, 0.5) is 0 Å². The van der Waals surface area contributed by atoms with Gasteiger partial charge in [-0.25, -0.2) is 0 Å². The highest BCUT2D eigenvalue weighted by atomic mass is 16.2. The van der Waals surface area contributed by atoms with Crippen LogP contribution in [0.15, 0.2) is 18.5 Å². The molecule has 1 atom stereocenters. The van der Waals surface area contributed by atoms with Crippen molar-refractivity contribution in [2.24, 2.45) is 5.92 Å². The Hall–Kier alpha value is -1.32. The van der Waals surface area contributed by atoms with Gasteiger partial charge in [0.1, 0.15) is 6.04 Å². The van der Waals surface area contributed by atoms with E-state index in [-0.39, 0.29) is 11.9 Å². The van der Waals surface area contributed by atoms with E-state index in [9.17, 15) is 4.79 Å². The second kappa shape index (κ2) is 6.57. The predicted octanol–water partition coefficient (Wildman–Crippen LogP) is 2.53. The van der Waals surface area contributed by atoms with Gasteiger partial charge in [0.15, 0.2) is 0 Å². The average molecular weight is 249 g/mol. The Morgan fingerprint density at radius 1 is 1.50 bits per heavy atom. The summed E-state index contributed by atoms with van der Waals surface area (Å²) in [7, 11) is 0. The van der Waals surface area contributed by atoms with Crippen molar-refractivity contribution in [3.05, 3.63) is 18.5 Å². The SMILES string of the molecule is CC(C(=O)NCCCC1CCCC1)n1cccn1. The summed E-state index contributed by atoms with van der Waals surface area (Å²) in [5.74, 6) is 0.968. The molecule has 4 heteroatoms. The zero-order valence-corrected chi connectivity index (χ0v) is 11.1. The molecule has 0 radical (unpaired) electrons. The molecule has 2 rings (SSSR count). The number of rotatable bonds is 6. The third-order valence-corrected chi connectivity index (χ3v) is 3.86. The van der Waals surface area contributed by atoms with Gasteiger partial charge in [-0.3, -0.25) is 9.48 Å². The van der Waals surface area contributed by atoms with Gasteiger partial charge in [-0.1, -0.05) is 25.7 Å². The van der Waals surface area contributed by atoms with Crippen LogP contribution in [0.3, 0.4) is 0 Å². The van der Waals surface area contributed by atoms with Crippen molar-refractivity contribution in [1.29, 1.82) is 0 Å². The minimum atomic E-state index is -0.216. The number of aromatic nitrogens is 2. The molecule has 1 fully saturated rings. The third-order valence-electron chi connectivity index (χ3n) is 3.86. The molecule has 0 aromatic carbocycles. The lowest BCUT2D eigenvalue weighted by molar-refractivity contribution is -0.124. The zero-order valence-electron chi connectivity index (χ0n) is 11.1. The summed E-state index contributed by atoms with van der Waals surface area (Å²) in [5, 5.41) is 7.08. The van der Waals surface area contributed by atoms with Crippen LogP contribution >= 0.6 is 0 Å². The van der Waals surface area contributed by atoms with Gasteiger partial charge in [-0.2, -0.15) is 5.10 Å². The molecule has 0 saturated heterocycles. The van der Waals surface area contributed by atoms with E-state index >= 15 is 0 Å². The van der Waals surface area contributed by atoms with Crippen molar-refractivity contribution in [3.63, 3.8) is 0 Å². The standard InChI is InChI=1S/C14H23N3O/c1-12(17-11-5-10-16-17)14(18)15-9-4-8-13-6-2-3-7-13/h5,10-13H,2-4,6-9H2,1H3,(H,15,18). The van der Waals surface area contributed by atoms with Gasteiger partial charge < -0.3 is 5.32 Å². The molecule has 18 heavy (non-hydrogen) atoms. The molecule has 0 spiro atoms. The second-order valence-electron chi connectivity index (χ2n) is 5.25. The van der Waals surface area contributed by atoms with Crippen LogP contribution in [-0.2, 0) is 4.79 Å². The largest absolute Gasteiger partial charge is 0.354 e. The van der Waals surface area contributed by atoms with Crippen LogP contribution in [0.5, 0.6) is 0 Å². The van der Waals surface area contributed by atoms with Gasteiger partial charge in [-0.15, -0.1) is 0 Å². The molecule has 1 aliphatic rings. The summed E-state index contributed by atoms with van der Waals surface area (Å²) in [6, 6.07) is 1.62. The fraction of sp³-hybridized carbons (Fsp3) is 0.714. The minimum absolute atomic E-state index is 0.0603. The first kappa shape index (κ1) is 13.1. The first-order valence-electron chi connectivity index (χ1n) is 7.04. The van der Waals surface area contributed by atoms with Crippen molar-refractivity contribution in [2.75, 3.05) is 6.54 Å². The van der Waals surface area contributed by atoms with Crippen molar-refractivity contribution in [1.82, 2.24) is 15.1 Å². The maximum Gasteiger partial charge on any atom is 0.244 e. The zero-order chi connectivity index (χ0) is 12.8. The summed E-state index contributed by atoms with van der Waals surface area (Å²) in [6.07, 6.45) is 11.4. The molecule has 1 N–H and O–H groups in total. The van der Waals surface area contributed by atoms with Crippen molar-refractivity contribution < 1.29 is 4.79 Å². The quantitative estimate of drug-likeness (QED) is 0.787.